The van der Waals surface area contributed by atoms with Crippen molar-refractivity contribution in [2.45, 2.75) is 52.1 Å². The van der Waals surface area contributed by atoms with Crippen LogP contribution in [0, 0.1) is 0 Å². The van der Waals surface area contributed by atoms with Crippen LogP contribution in [-0.4, -0.2) is 12.1 Å². The summed E-state index contributed by atoms with van der Waals surface area (Å²) >= 11 is 0. The van der Waals surface area contributed by atoms with Crippen molar-refractivity contribution in [3.63, 3.8) is 0 Å². The lowest BCUT2D eigenvalue weighted by Gasteiger charge is -2.32. The van der Waals surface area contributed by atoms with Gasteiger partial charge in [0.15, 0.2) is 0 Å². The Hall–Kier alpha value is -1.28. The molecule has 0 fully saturated rings. The molecule has 2 heteroatoms. The van der Waals surface area contributed by atoms with Crippen LogP contribution in [0.1, 0.15) is 45.6 Å². The van der Waals surface area contributed by atoms with Gasteiger partial charge in [-0.25, -0.2) is 0 Å². The molecule has 0 saturated carbocycles. The van der Waals surface area contributed by atoms with Gasteiger partial charge in [-0.15, -0.1) is 0 Å². The van der Waals surface area contributed by atoms with Gasteiger partial charge in [-0.05, 0) is 37.0 Å². The lowest BCUT2D eigenvalue weighted by Crippen LogP contribution is -2.43. The van der Waals surface area contributed by atoms with E-state index in [1.807, 2.05) is 12.1 Å². The summed E-state index contributed by atoms with van der Waals surface area (Å²) in [7, 11) is 0. The molecular formula is C17H27NO. The second kappa shape index (κ2) is 8.00. The molecule has 1 rings (SSSR count). The summed E-state index contributed by atoms with van der Waals surface area (Å²) < 4.78 is 5.48. The minimum atomic E-state index is 0.276. The Balaban J connectivity index is 2.55. The Morgan fingerprint density at radius 3 is 2.16 bits per heavy atom. The highest BCUT2D eigenvalue weighted by Crippen LogP contribution is 2.20. The fourth-order valence-electron chi connectivity index (χ4n) is 2.27. The van der Waals surface area contributed by atoms with Crippen molar-refractivity contribution >= 4 is 0 Å². The van der Waals surface area contributed by atoms with Crippen LogP contribution in [0.4, 0.5) is 0 Å². The molecule has 19 heavy (non-hydrogen) atoms. The molecule has 0 bridgehead atoms. The van der Waals surface area contributed by atoms with Gasteiger partial charge in [-0.1, -0.05) is 45.6 Å². The number of nitrogens with one attached hydrogen (secondary N) is 1. The molecule has 1 aromatic rings. The van der Waals surface area contributed by atoms with E-state index in [1.165, 1.54) is 24.8 Å². The lowest BCUT2D eigenvalue weighted by molar-refractivity contribution is 0.288. The van der Waals surface area contributed by atoms with E-state index in [0.29, 0.717) is 6.61 Å². The minimum absolute atomic E-state index is 0.276. The first kappa shape index (κ1) is 15.8. The fourth-order valence-corrected chi connectivity index (χ4v) is 2.27. The van der Waals surface area contributed by atoms with Crippen LogP contribution in [0.5, 0.6) is 5.75 Å². The summed E-state index contributed by atoms with van der Waals surface area (Å²) in [6.45, 7) is 11.9. The summed E-state index contributed by atoms with van der Waals surface area (Å²) in [5.41, 5.74) is 1.57. The molecule has 0 aliphatic rings. The van der Waals surface area contributed by atoms with Crippen LogP contribution >= 0.6 is 0 Å². The normalized spacial score (nSPS) is 11.3. The maximum atomic E-state index is 5.48. The average molecular weight is 261 g/mol. The van der Waals surface area contributed by atoms with Crippen molar-refractivity contribution in [3.8, 4) is 5.75 Å². The first-order valence-corrected chi connectivity index (χ1v) is 7.27. The highest BCUT2D eigenvalue weighted by Gasteiger charge is 2.22. The minimum Gasteiger partial charge on any atom is -0.490 e. The number of hydrogen-bond acceptors (Lipinski definition) is 2. The Bertz CT molecular complexity index is 357. The lowest BCUT2D eigenvalue weighted by atomic mass is 9.89. The molecule has 0 atom stereocenters. The van der Waals surface area contributed by atoms with Crippen LogP contribution < -0.4 is 10.1 Å². The first-order valence-electron chi connectivity index (χ1n) is 7.27. The van der Waals surface area contributed by atoms with E-state index < -0.39 is 0 Å². The van der Waals surface area contributed by atoms with Crippen molar-refractivity contribution in [1.29, 1.82) is 0 Å². The van der Waals surface area contributed by atoms with Gasteiger partial charge < -0.3 is 10.1 Å². The molecule has 2 nitrogen and oxygen atoms in total. The zero-order valence-corrected chi connectivity index (χ0v) is 12.5. The SMILES string of the molecule is C=CCOc1ccc(CNC(CC)(CC)CC)cc1. The Morgan fingerprint density at radius 2 is 1.68 bits per heavy atom. The summed E-state index contributed by atoms with van der Waals surface area (Å²) in [5, 5.41) is 3.70. The third-order valence-electron chi connectivity index (χ3n) is 3.99. The maximum absolute atomic E-state index is 5.48. The molecule has 0 aliphatic carbocycles. The number of benzene rings is 1. The van der Waals surface area contributed by atoms with Gasteiger partial charge >= 0.3 is 0 Å². The second-order valence-corrected chi connectivity index (χ2v) is 4.94. The van der Waals surface area contributed by atoms with E-state index in [4.69, 9.17) is 4.74 Å². The van der Waals surface area contributed by atoms with Crippen molar-refractivity contribution in [1.82, 2.24) is 5.32 Å². The second-order valence-electron chi connectivity index (χ2n) is 4.94. The third-order valence-corrected chi connectivity index (χ3v) is 3.99. The van der Waals surface area contributed by atoms with E-state index in [0.717, 1.165) is 12.3 Å². The van der Waals surface area contributed by atoms with Crippen molar-refractivity contribution in [2.24, 2.45) is 0 Å². The molecule has 1 aromatic carbocycles. The summed E-state index contributed by atoms with van der Waals surface area (Å²) in [6.07, 6.45) is 5.26. The van der Waals surface area contributed by atoms with Gasteiger partial charge in [-0.2, -0.15) is 0 Å². The van der Waals surface area contributed by atoms with Crippen LogP contribution in [0.3, 0.4) is 0 Å². The molecule has 0 heterocycles. The largest absolute Gasteiger partial charge is 0.490 e. The number of ether oxygens (including phenoxy) is 1. The molecule has 0 spiro atoms. The van der Waals surface area contributed by atoms with E-state index in [2.05, 4.69) is 44.8 Å². The molecule has 0 saturated heterocycles. The molecule has 106 valence electrons. The van der Waals surface area contributed by atoms with Crippen molar-refractivity contribution < 1.29 is 4.74 Å². The fraction of sp³-hybridized carbons (Fsp3) is 0.529. The van der Waals surface area contributed by atoms with Gasteiger partial charge in [0.05, 0.1) is 0 Å². The smallest absolute Gasteiger partial charge is 0.119 e. The van der Waals surface area contributed by atoms with Gasteiger partial charge in [0, 0.05) is 12.1 Å². The van der Waals surface area contributed by atoms with Crippen LogP contribution in [0.15, 0.2) is 36.9 Å². The molecule has 0 radical (unpaired) electrons. The third kappa shape index (κ3) is 4.71. The summed E-state index contributed by atoms with van der Waals surface area (Å²) in [4.78, 5) is 0. The van der Waals surface area contributed by atoms with Gasteiger partial charge in [0.2, 0.25) is 0 Å². The van der Waals surface area contributed by atoms with Crippen LogP contribution in [-0.2, 0) is 6.54 Å². The zero-order chi connectivity index (χ0) is 14.1. The summed E-state index contributed by atoms with van der Waals surface area (Å²) in [5.74, 6) is 0.899. The van der Waals surface area contributed by atoms with E-state index in [9.17, 15) is 0 Å². The highest BCUT2D eigenvalue weighted by atomic mass is 16.5. The molecule has 0 aromatic heterocycles. The summed E-state index contributed by atoms with van der Waals surface area (Å²) in [6, 6.07) is 8.28. The highest BCUT2D eigenvalue weighted by molar-refractivity contribution is 5.27. The molecule has 0 amide bonds. The van der Waals surface area contributed by atoms with Crippen LogP contribution in [0.2, 0.25) is 0 Å². The Labute approximate surface area is 117 Å². The zero-order valence-electron chi connectivity index (χ0n) is 12.5. The standard InChI is InChI=1S/C17H27NO/c1-5-13-19-16-11-9-15(10-12-16)14-18-17(6-2,7-3)8-4/h5,9-12,18H,1,6-8,13-14H2,2-4H3. The van der Waals surface area contributed by atoms with Gasteiger partial charge in [-0.3, -0.25) is 0 Å². The monoisotopic (exact) mass is 261 g/mol. The van der Waals surface area contributed by atoms with Crippen molar-refractivity contribution in [3.05, 3.63) is 42.5 Å². The van der Waals surface area contributed by atoms with Gasteiger partial charge in [0.1, 0.15) is 12.4 Å². The van der Waals surface area contributed by atoms with Gasteiger partial charge in [0.25, 0.3) is 0 Å². The Morgan fingerprint density at radius 1 is 1.11 bits per heavy atom. The van der Waals surface area contributed by atoms with Crippen molar-refractivity contribution in [2.75, 3.05) is 6.61 Å². The molecule has 0 unspecified atom stereocenters. The topological polar surface area (TPSA) is 21.3 Å². The molecule has 0 aliphatic heterocycles. The van der Waals surface area contributed by atoms with Crippen LogP contribution in [0.25, 0.3) is 0 Å². The number of hydrogen-bond donors (Lipinski definition) is 1. The maximum Gasteiger partial charge on any atom is 0.119 e. The molecule has 1 N–H and O–H groups in total. The van der Waals surface area contributed by atoms with E-state index in [-0.39, 0.29) is 5.54 Å². The Kier molecular flexibility index (Phi) is 6.65. The molecular weight excluding hydrogens is 234 g/mol. The average Bonchev–Trinajstić information content (AvgIpc) is 2.48. The predicted molar refractivity (Wildman–Crippen MR) is 82.6 cm³/mol. The van der Waals surface area contributed by atoms with E-state index >= 15 is 0 Å². The quantitative estimate of drug-likeness (QED) is 0.669. The van der Waals surface area contributed by atoms with E-state index in [1.54, 1.807) is 6.08 Å². The predicted octanol–water partition coefficient (Wildman–Crippen LogP) is 4.31. The first-order chi connectivity index (χ1) is 9.19. The number of rotatable bonds is 9.